The van der Waals surface area contributed by atoms with Crippen LogP contribution in [0.2, 0.25) is 0 Å². The van der Waals surface area contributed by atoms with E-state index < -0.39 is 0 Å². The van der Waals surface area contributed by atoms with Gasteiger partial charge in [-0.05, 0) is 30.5 Å². The number of benzene rings is 2. The Labute approximate surface area is 118 Å². The molecule has 0 fully saturated rings. The van der Waals surface area contributed by atoms with Crippen molar-refractivity contribution in [1.82, 2.24) is 10.3 Å². The van der Waals surface area contributed by atoms with E-state index in [1.165, 1.54) is 32.9 Å². The number of aromatic nitrogens is 1. The van der Waals surface area contributed by atoms with E-state index in [1.807, 2.05) is 6.07 Å². The molecule has 3 nitrogen and oxygen atoms in total. The molecule has 0 unspecified atom stereocenters. The molecule has 102 valence electrons. The van der Waals surface area contributed by atoms with Gasteiger partial charge < -0.3 is 10.3 Å². The number of carbonyl (C=O) groups excluding carboxylic acids is 1. The van der Waals surface area contributed by atoms with Crippen LogP contribution in [0.25, 0.3) is 21.8 Å². The van der Waals surface area contributed by atoms with Crippen LogP contribution in [0.1, 0.15) is 18.1 Å². The molecule has 20 heavy (non-hydrogen) atoms. The minimum Gasteiger partial charge on any atom is -0.356 e. The normalized spacial score (nSPS) is 11.1. The summed E-state index contributed by atoms with van der Waals surface area (Å²) in [6, 6.07) is 12.7. The van der Waals surface area contributed by atoms with Crippen molar-refractivity contribution in [3.63, 3.8) is 0 Å². The molecule has 3 heteroatoms. The summed E-state index contributed by atoms with van der Waals surface area (Å²) < 4.78 is 0. The van der Waals surface area contributed by atoms with Crippen LogP contribution < -0.4 is 5.32 Å². The van der Waals surface area contributed by atoms with Gasteiger partial charge in [-0.2, -0.15) is 0 Å². The average molecular weight is 266 g/mol. The highest BCUT2D eigenvalue weighted by atomic mass is 16.1. The number of nitrogens with one attached hydrogen (secondary N) is 2. The molecule has 0 atom stereocenters. The monoisotopic (exact) mass is 266 g/mol. The van der Waals surface area contributed by atoms with E-state index in [2.05, 4.69) is 47.6 Å². The van der Waals surface area contributed by atoms with Crippen molar-refractivity contribution in [2.75, 3.05) is 6.54 Å². The Morgan fingerprint density at radius 3 is 2.75 bits per heavy atom. The number of fused-ring (bicyclic) bond motifs is 3. The van der Waals surface area contributed by atoms with Gasteiger partial charge in [0.2, 0.25) is 5.91 Å². The van der Waals surface area contributed by atoms with Crippen molar-refractivity contribution < 1.29 is 4.79 Å². The highest BCUT2D eigenvalue weighted by Gasteiger charge is 2.08. The number of amides is 1. The first-order chi connectivity index (χ1) is 9.66. The van der Waals surface area contributed by atoms with Crippen LogP contribution in [-0.4, -0.2) is 17.4 Å². The first kappa shape index (κ1) is 12.7. The molecule has 0 spiro atoms. The fraction of sp³-hybridized carbons (Fsp3) is 0.235. The van der Waals surface area contributed by atoms with E-state index in [9.17, 15) is 4.79 Å². The molecular weight excluding hydrogens is 248 g/mol. The summed E-state index contributed by atoms with van der Waals surface area (Å²) in [5.41, 5.74) is 4.91. The molecule has 3 rings (SSSR count). The Morgan fingerprint density at radius 2 is 1.95 bits per heavy atom. The number of carbonyl (C=O) groups is 1. The zero-order chi connectivity index (χ0) is 14.1. The Morgan fingerprint density at radius 1 is 1.15 bits per heavy atom. The number of para-hydroxylation sites is 1. The van der Waals surface area contributed by atoms with Gasteiger partial charge in [-0.25, -0.2) is 0 Å². The average Bonchev–Trinajstić information content (AvgIpc) is 2.81. The smallest absolute Gasteiger partial charge is 0.216 e. The lowest BCUT2D eigenvalue weighted by atomic mass is 10.0. The molecule has 1 aromatic heterocycles. The number of hydrogen-bond donors (Lipinski definition) is 2. The van der Waals surface area contributed by atoms with Gasteiger partial charge in [0.05, 0.1) is 0 Å². The van der Waals surface area contributed by atoms with E-state index in [4.69, 9.17) is 0 Å². The molecule has 1 heterocycles. The fourth-order valence-electron chi connectivity index (χ4n) is 2.75. The predicted octanol–water partition coefficient (Wildman–Crippen LogP) is 3.31. The van der Waals surface area contributed by atoms with E-state index in [-0.39, 0.29) is 5.91 Å². The first-order valence-electron chi connectivity index (χ1n) is 6.90. The summed E-state index contributed by atoms with van der Waals surface area (Å²) >= 11 is 0. The molecule has 2 aromatic carbocycles. The SMILES string of the molecule is CC(=O)NCCc1ccc2c([nH]c3ccccc32)c1C. The number of H-pyrrole nitrogens is 1. The van der Waals surface area contributed by atoms with Crippen LogP contribution in [0.3, 0.4) is 0 Å². The third kappa shape index (κ3) is 2.16. The van der Waals surface area contributed by atoms with E-state index in [0.717, 1.165) is 6.42 Å². The maximum absolute atomic E-state index is 10.9. The number of rotatable bonds is 3. The molecule has 0 aliphatic rings. The Kier molecular flexibility index (Phi) is 3.18. The number of aromatic amines is 1. The van der Waals surface area contributed by atoms with Crippen LogP contribution in [0.5, 0.6) is 0 Å². The third-order valence-corrected chi connectivity index (χ3v) is 3.82. The quantitative estimate of drug-likeness (QED) is 0.750. The molecule has 0 bridgehead atoms. The summed E-state index contributed by atoms with van der Waals surface area (Å²) in [4.78, 5) is 14.4. The largest absolute Gasteiger partial charge is 0.356 e. The van der Waals surface area contributed by atoms with Gasteiger partial charge in [-0.15, -0.1) is 0 Å². The van der Waals surface area contributed by atoms with Crippen LogP contribution in [0, 0.1) is 6.92 Å². The maximum Gasteiger partial charge on any atom is 0.216 e. The van der Waals surface area contributed by atoms with Crippen molar-refractivity contribution in [2.24, 2.45) is 0 Å². The fourth-order valence-corrected chi connectivity index (χ4v) is 2.75. The second-order valence-electron chi connectivity index (χ2n) is 5.18. The van der Waals surface area contributed by atoms with Crippen molar-refractivity contribution in [3.05, 3.63) is 47.5 Å². The molecule has 1 amide bonds. The van der Waals surface area contributed by atoms with Gasteiger partial charge >= 0.3 is 0 Å². The Bertz CT molecular complexity index is 786. The van der Waals surface area contributed by atoms with Gasteiger partial charge in [0.1, 0.15) is 0 Å². The van der Waals surface area contributed by atoms with E-state index >= 15 is 0 Å². The lowest BCUT2D eigenvalue weighted by Gasteiger charge is -2.07. The molecule has 0 saturated carbocycles. The highest BCUT2D eigenvalue weighted by Crippen LogP contribution is 2.29. The van der Waals surface area contributed by atoms with Crippen molar-refractivity contribution >= 4 is 27.7 Å². The van der Waals surface area contributed by atoms with E-state index in [1.54, 1.807) is 6.92 Å². The number of hydrogen-bond acceptors (Lipinski definition) is 1. The summed E-state index contributed by atoms with van der Waals surface area (Å²) in [5, 5.41) is 5.37. The van der Waals surface area contributed by atoms with Gasteiger partial charge in [0.15, 0.2) is 0 Å². The summed E-state index contributed by atoms with van der Waals surface area (Å²) in [7, 11) is 0. The van der Waals surface area contributed by atoms with Crippen LogP contribution in [0.15, 0.2) is 36.4 Å². The van der Waals surface area contributed by atoms with Gasteiger partial charge in [0, 0.05) is 35.3 Å². The molecular formula is C17H18N2O. The summed E-state index contributed by atoms with van der Waals surface area (Å²) in [5.74, 6) is 0.0225. The molecule has 0 radical (unpaired) electrons. The minimum atomic E-state index is 0.0225. The summed E-state index contributed by atoms with van der Waals surface area (Å²) in [6.07, 6.45) is 0.858. The number of aryl methyl sites for hydroxylation is 1. The topological polar surface area (TPSA) is 44.9 Å². The lowest BCUT2D eigenvalue weighted by molar-refractivity contribution is -0.118. The molecule has 2 N–H and O–H groups in total. The van der Waals surface area contributed by atoms with Crippen molar-refractivity contribution in [1.29, 1.82) is 0 Å². The van der Waals surface area contributed by atoms with Crippen molar-refractivity contribution in [3.8, 4) is 0 Å². The van der Waals surface area contributed by atoms with Gasteiger partial charge in [-0.1, -0.05) is 30.3 Å². The third-order valence-electron chi connectivity index (χ3n) is 3.82. The second-order valence-corrected chi connectivity index (χ2v) is 5.18. The lowest BCUT2D eigenvalue weighted by Crippen LogP contribution is -2.22. The Balaban J connectivity index is 2.02. The molecule has 0 aliphatic heterocycles. The van der Waals surface area contributed by atoms with Crippen molar-refractivity contribution in [2.45, 2.75) is 20.3 Å². The zero-order valence-electron chi connectivity index (χ0n) is 11.8. The standard InChI is InChI=1S/C17H18N2O/c1-11-13(9-10-18-12(2)20)7-8-15-14-5-3-4-6-16(14)19-17(11)15/h3-8,19H,9-10H2,1-2H3,(H,18,20). The van der Waals surface area contributed by atoms with Gasteiger partial charge in [-0.3, -0.25) is 4.79 Å². The predicted molar refractivity (Wildman–Crippen MR) is 82.9 cm³/mol. The maximum atomic E-state index is 10.9. The van der Waals surface area contributed by atoms with Crippen LogP contribution >= 0.6 is 0 Å². The molecule has 0 saturated heterocycles. The Hall–Kier alpha value is -2.29. The molecule has 0 aliphatic carbocycles. The molecule has 3 aromatic rings. The zero-order valence-corrected chi connectivity index (χ0v) is 11.8. The summed E-state index contributed by atoms with van der Waals surface area (Å²) in [6.45, 7) is 4.37. The minimum absolute atomic E-state index is 0.0225. The van der Waals surface area contributed by atoms with Crippen LogP contribution in [-0.2, 0) is 11.2 Å². The highest BCUT2D eigenvalue weighted by molar-refractivity contribution is 6.08. The van der Waals surface area contributed by atoms with Gasteiger partial charge in [0.25, 0.3) is 0 Å². The second kappa shape index (κ2) is 5.00. The van der Waals surface area contributed by atoms with E-state index in [0.29, 0.717) is 6.54 Å². The first-order valence-corrected chi connectivity index (χ1v) is 6.90. The van der Waals surface area contributed by atoms with Crippen LogP contribution in [0.4, 0.5) is 0 Å².